The van der Waals surface area contributed by atoms with Crippen LogP contribution in [0.3, 0.4) is 0 Å². The van der Waals surface area contributed by atoms with Crippen LogP contribution in [0.2, 0.25) is 0 Å². The first-order valence-electron chi connectivity index (χ1n) is 6.75. The van der Waals surface area contributed by atoms with Crippen LogP contribution in [0, 0.1) is 5.41 Å². The third-order valence-corrected chi connectivity index (χ3v) is 3.34. The van der Waals surface area contributed by atoms with Crippen molar-refractivity contribution in [1.29, 1.82) is 0 Å². The highest BCUT2D eigenvalue weighted by atomic mass is 16.5. The number of nitrogens with two attached hydrogens (primary N) is 1. The van der Waals surface area contributed by atoms with Crippen molar-refractivity contribution < 1.29 is 4.74 Å². The van der Waals surface area contributed by atoms with Crippen LogP contribution < -0.4 is 5.73 Å². The molecule has 2 N–H and O–H groups in total. The van der Waals surface area contributed by atoms with E-state index in [0.29, 0.717) is 12.1 Å². The van der Waals surface area contributed by atoms with Crippen LogP contribution in [0.1, 0.15) is 48.0 Å². The first-order chi connectivity index (χ1) is 7.75. The molecule has 0 aliphatic heterocycles. The zero-order valence-electron chi connectivity index (χ0n) is 12.8. The minimum atomic E-state index is 0.188. The first-order valence-corrected chi connectivity index (χ1v) is 6.75. The lowest BCUT2D eigenvalue weighted by Gasteiger charge is -2.45. The van der Waals surface area contributed by atoms with Crippen LogP contribution in [0.25, 0.3) is 0 Å². The predicted octanol–water partition coefficient (Wildman–Crippen LogP) is 2.50. The van der Waals surface area contributed by atoms with Crippen LogP contribution in [0.4, 0.5) is 0 Å². The molecule has 0 aliphatic carbocycles. The quantitative estimate of drug-likeness (QED) is 0.748. The minimum Gasteiger partial charge on any atom is -0.383 e. The van der Waals surface area contributed by atoms with Crippen LogP contribution in [0.5, 0.6) is 0 Å². The molecule has 0 amide bonds. The number of hydrogen-bond acceptors (Lipinski definition) is 3. The monoisotopic (exact) mass is 244 g/mol. The van der Waals surface area contributed by atoms with Crippen molar-refractivity contribution in [2.24, 2.45) is 11.1 Å². The van der Waals surface area contributed by atoms with Gasteiger partial charge in [-0.15, -0.1) is 0 Å². The molecular formula is C14H32N2O. The Kier molecular flexibility index (Phi) is 7.29. The van der Waals surface area contributed by atoms with Gasteiger partial charge in [-0.05, 0) is 25.7 Å². The Labute approximate surface area is 108 Å². The SMILES string of the molecule is CCC(N)C(N(CCOC)C(C)C)C(C)(C)C. The van der Waals surface area contributed by atoms with Gasteiger partial charge in [0.15, 0.2) is 0 Å². The van der Waals surface area contributed by atoms with Crippen molar-refractivity contribution in [2.75, 3.05) is 20.3 Å². The molecule has 0 fully saturated rings. The molecule has 0 saturated heterocycles. The second-order valence-electron chi connectivity index (χ2n) is 6.21. The average Bonchev–Trinajstić information content (AvgIpc) is 2.20. The third-order valence-electron chi connectivity index (χ3n) is 3.34. The first kappa shape index (κ1) is 16.9. The van der Waals surface area contributed by atoms with Gasteiger partial charge >= 0.3 is 0 Å². The van der Waals surface area contributed by atoms with Gasteiger partial charge in [0.1, 0.15) is 0 Å². The summed E-state index contributed by atoms with van der Waals surface area (Å²) in [5.74, 6) is 0. The summed E-state index contributed by atoms with van der Waals surface area (Å²) in [7, 11) is 1.75. The summed E-state index contributed by atoms with van der Waals surface area (Å²) >= 11 is 0. The maximum absolute atomic E-state index is 6.33. The second kappa shape index (κ2) is 7.34. The Morgan fingerprint density at radius 2 is 1.76 bits per heavy atom. The van der Waals surface area contributed by atoms with E-state index in [9.17, 15) is 0 Å². The molecule has 0 bridgehead atoms. The summed E-state index contributed by atoms with van der Waals surface area (Å²) in [4.78, 5) is 2.48. The molecule has 0 aromatic rings. The molecule has 0 aromatic heterocycles. The Bertz CT molecular complexity index is 199. The molecule has 2 atom stereocenters. The zero-order chi connectivity index (χ0) is 13.6. The molecular weight excluding hydrogens is 212 g/mol. The van der Waals surface area contributed by atoms with E-state index in [-0.39, 0.29) is 11.5 Å². The van der Waals surface area contributed by atoms with Crippen LogP contribution in [-0.2, 0) is 4.74 Å². The summed E-state index contributed by atoms with van der Waals surface area (Å²) in [5.41, 5.74) is 6.52. The van der Waals surface area contributed by atoms with Gasteiger partial charge in [-0.1, -0.05) is 27.7 Å². The van der Waals surface area contributed by atoms with Crippen molar-refractivity contribution in [3.63, 3.8) is 0 Å². The number of ether oxygens (including phenoxy) is 1. The largest absolute Gasteiger partial charge is 0.383 e. The molecule has 0 saturated carbocycles. The Balaban J connectivity index is 4.94. The van der Waals surface area contributed by atoms with E-state index < -0.39 is 0 Å². The van der Waals surface area contributed by atoms with E-state index in [0.717, 1.165) is 19.6 Å². The molecule has 17 heavy (non-hydrogen) atoms. The zero-order valence-corrected chi connectivity index (χ0v) is 12.8. The van der Waals surface area contributed by atoms with Crippen molar-refractivity contribution in [3.05, 3.63) is 0 Å². The fourth-order valence-corrected chi connectivity index (χ4v) is 2.52. The number of hydrogen-bond donors (Lipinski definition) is 1. The summed E-state index contributed by atoms with van der Waals surface area (Å²) in [6.07, 6.45) is 1.01. The molecule has 0 aromatic carbocycles. The van der Waals surface area contributed by atoms with E-state index in [1.165, 1.54) is 0 Å². The smallest absolute Gasteiger partial charge is 0.0589 e. The van der Waals surface area contributed by atoms with E-state index in [2.05, 4.69) is 46.4 Å². The van der Waals surface area contributed by atoms with Crippen molar-refractivity contribution in [2.45, 2.75) is 66.1 Å². The molecule has 3 nitrogen and oxygen atoms in total. The van der Waals surface area contributed by atoms with E-state index in [1.54, 1.807) is 7.11 Å². The van der Waals surface area contributed by atoms with Gasteiger partial charge in [0.2, 0.25) is 0 Å². The summed E-state index contributed by atoms with van der Waals surface area (Å²) in [6.45, 7) is 15.2. The van der Waals surface area contributed by atoms with Crippen molar-refractivity contribution in [3.8, 4) is 0 Å². The Morgan fingerprint density at radius 3 is 2.06 bits per heavy atom. The van der Waals surface area contributed by atoms with E-state index >= 15 is 0 Å². The van der Waals surface area contributed by atoms with E-state index in [1.807, 2.05) is 0 Å². The lowest BCUT2D eigenvalue weighted by molar-refractivity contribution is 0.0291. The maximum Gasteiger partial charge on any atom is 0.0589 e. The summed E-state index contributed by atoms with van der Waals surface area (Å²) < 4.78 is 5.22. The molecule has 0 rings (SSSR count). The molecule has 0 spiro atoms. The molecule has 0 radical (unpaired) electrons. The molecule has 0 aliphatic rings. The number of rotatable bonds is 7. The van der Waals surface area contributed by atoms with Crippen LogP contribution in [0.15, 0.2) is 0 Å². The fraction of sp³-hybridized carbons (Fsp3) is 1.00. The molecule has 3 heteroatoms. The summed E-state index contributed by atoms with van der Waals surface area (Å²) in [6, 6.07) is 1.10. The third kappa shape index (κ3) is 5.36. The maximum atomic E-state index is 6.33. The highest BCUT2D eigenvalue weighted by Crippen LogP contribution is 2.28. The second-order valence-corrected chi connectivity index (χ2v) is 6.21. The van der Waals surface area contributed by atoms with E-state index in [4.69, 9.17) is 10.5 Å². The summed E-state index contributed by atoms with van der Waals surface area (Å²) in [5, 5.41) is 0. The van der Waals surface area contributed by atoms with Crippen LogP contribution >= 0.6 is 0 Å². The lowest BCUT2D eigenvalue weighted by atomic mass is 9.80. The molecule has 0 heterocycles. The number of methoxy groups -OCH3 is 1. The standard InChI is InChI=1S/C14H32N2O/c1-8-12(15)13(14(4,5)6)16(11(2)3)9-10-17-7/h11-13H,8-10,15H2,1-7H3. The topological polar surface area (TPSA) is 38.5 Å². The normalized spacial score (nSPS) is 16.6. The number of nitrogens with zero attached hydrogens (tertiary/aromatic N) is 1. The lowest BCUT2D eigenvalue weighted by Crippen LogP contribution is -2.57. The van der Waals surface area contributed by atoms with Crippen LogP contribution in [-0.4, -0.2) is 43.3 Å². The minimum absolute atomic E-state index is 0.188. The van der Waals surface area contributed by atoms with Crippen molar-refractivity contribution >= 4 is 0 Å². The molecule has 2 unspecified atom stereocenters. The van der Waals surface area contributed by atoms with Gasteiger partial charge in [-0.2, -0.15) is 0 Å². The highest BCUT2D eigenvalue weighted by molar-refractivity contribution is 4.91. The highest BCUT2D eigenvalue weighted by Gasteiger charge is 2.35. The fourth-order valence-electron chi connectivity index (χ4n) is 2.52. The predicted molar refractivity (Wildman–Crippen MR) is 75.2 cm³/mol. The van der Waals surface area contributed by atoms with Gasteiger partial charge in [0.25, 0.3) is 0 Å². The van der Waals surface area contributed by atoms with Gasteiger partial charge in [-0.3, -0.25) is 4.90 Å². The van der Waals surface area contributed by atoms with Gasteiger partial charge in [0.05, 0.1) is 6.61 Å². The Morgan fingerprint density at radius 1 is 1.24 bits per heavy atom. The van der Waals surface area contributed by atoms with Gasteiger partial charge < -0.3 is 10.5 Å². The van der Waals surface area contributed by atoms with Crippen molar-refractivity contribution in [1.82, 2.24) is 4.90 Å². The molecule has 104 valence electrons. The average molecular weight is 244 g/mol. The van der Waals surface area contributed by atoms with Gasteiger partial charge in [0, 0.05) is 31.8 Å². The Hall–Kier alpha value is -0.120. The van der Waals surface area contributed by atoms with Gasteiger partial charge in [-0.25, -0.2) is 0 Å².